The summed E-state index contributed by atoms with van der Waals surface area (Å²) < 4.78 is 32.1. The maximum atomic E-state index is 12.1. The zero-order valence-corrected chi connectivity index (χ0v) is 14.2. The first-order chi connectivity index (χ1) is 10.7. The van der Waals surface area contributed by atoms with Crippen LogP contribution in [0.4, 0.5) is 5.69 Å². The van der Waals surface area contributed by atoms with Gasteiger partial charge in [-0.2, -0.15) is 0 Å². The molecule has 0 unspecified atom stereocenters. The van der Waals surface area contributed by atoms with Gasteiger partial charge in [-0.05, 0) is 44.5 Å². The molecule has 1 atom stereocenters. The van der Waals surface area contributed by atoms with Crippen LogP contribution in [-0.2, 0) is 14.8 Å². The van der Waals surface area contributed by atoms with Gasteiger partial charge in [0.05, 0.1) is 6.10 Å². The Morgan fingerprint density at radius 2 is 2.04 bits per heavy atom. The van der Waals surface area contributed by atoms with E-state index in [0.29, 0.717) is 30.9 Å². The van der Waals surface area contributed by atoms with Gasteiger partial charge in [-0.1, -0.05) is 0 Å². The monoisotopic (exact) mass is 341 g/mol. The van der Waals surface area contributed by atoms with Crippen LogP contribution in [0.1, 0.15) is 20.3 Å². The van der Waals surface area contributed by atoms with Gasteiger partial charge in [0.1, 0.15) is 11.5 Å². The molecule has 1 aliphatic rings. The number of carbonyl (C=O) groups is 1. The molecule has 0 spiro atoms. The van der Waals surface area contributed by atoms with Crippen LogP contribution >= 0.6 is 0 Å². The van der Waals surface area contributed by atoms with Crippen LogP contribution in [0.25, 0.3) is 0 Å². The van der Waals surface area contributed by atoms with Crippen LogP contribution in [0.5, 0.6) is 5.75 Å². The van der Waals surface area contributed by atoms with E-state index in [1.807, 2.05) is 13.8 Å². The number of nitrogens with two attached hydrogens (primary N) is 1. The lowest BCUT2D eigenvalue weighted by Gasteiger charge is -2.16. The van der Waals surface area contributed by atoms with Gasteiger partial charge in [-0.15, -0.1) is 0 Å². The molecule has 0 aromatic heterocycles. The van der Waals surface area contributed by atoms with Crippen molar-refractivity contribution in [1.82, 2.24) is 4.90 Å². The normalized spacial score (nSPS) is 18.3. The van der Waals surface area contributed by atoms with Crippen molar-refractivity contribution in [3.8, 4) is 5.75 Å². The van der Waals surface area contributed by atoms with Crippen LogP contribution in [0.3, 0.4) is 0 Å². The molecule has 0 aliphatic carbocycles. The second kappa shape index (κ2) is 7.18. The maximum absolute atomic E-state index is 12.1. The van der Waals surface area contributed by atoms with E-state index in [-0.39, 0.29) is 12.1 Å². The summed E-state index contributed by atoms with van der Waals surface area (Å²) in [5.74, 6) is -0.348. The number of rotatable bonds is 6. The van der Waals surface area contributed by atoms with Crippen molar-refractivity contribution in [2.24, 2.45) is 5.73 Å². The minimum Gasteiger partial charge on any atom is -0.491 e. The first kappa shape index (κ1) is 17.6. The number of sulfonamides is 1. The van der Waals surface area contributed by atoms with Gasteiger partial charge >= 0.3 is 0 Å². The van der Waals surface area contributed by atoms with Crippen LogP contribution in [0.15, 0.2) is 24.3 Å². The summed E-state index contributed by atoms with van der Waals surface area (Å²) in [4.78, 5) is 13.5. The number of likely N-dealkylation sites (tertiary alicyclic amines) is 1. The molecule has 3 N–H and O–H groups in total. The fraction of sp³-hybridized carbons (Fsp3) is 0.533. The Balaban J connectivity index is 1.94. The van der Waals surface area contributed by atoms with E-state index in [9.17, 15) is 13.2 Å². The first-order valence-corrected chi connectivity index (χ1v) is 9.21. The van der Waals surface area contributed by atoms with Gasteiger partial charge in [0, 0.05) is 24.8 Å². The molecule has 8 heteroatoms. The van der Waals surface area contributed by atoms with Crippen LogP contribution in [0, 0.1) is 0 Å². The number of hydrogen-bond donors (Lipinski definition) is 2. The molecule has 23 heavy (non-hydrogen) atoms. The fourth-order valence-corrected chi connectivity index (χ4v) is 3.43. The topological polar surface area (TPSA) is 102 Å². The van der Waals surface area contributed by atoms with Gasteiger partial charge in [0.2, 0.25) is 15.9 Å². The largest absolute Gasteiger partial charge is 0.491 e. The van der Waals surface area contributed by atoms with Crippen molar-refractivity contribution in [1.29, 1.82) is 0 Å². The molecule has 1 aromatic carbocycles. The third kappa shape index (κ3) is 5.40. The Labute approximate surface area is 136 Å². The standard InChI is InChI=1S/C15H23N3O4S/c1-11(2)22-14-5-3-13(4-6-14)17-23(20,21)10-15(19)18-8-7-12(16)9-18/h3-6,11-12,17H,7-10,16H2,1-2H3/t12-/m1/s1. The number of nitrogens with one attached hydrogen (secondary N) is 1. The van der Waals surface area contributed by atoms with E-state index in [1.54, 1.807) is 24.3 Å². The van der Waals surface area contributed by atoms with E-state index < -0.39 is 21.7 Å². The van der Waals surface area contributed by atoms with Crippen molar-refractivity contribution < 1.29 is 17.9 Å². The third-order valence-electron chi connectivity index (χ3n) is 3.39. The molecule has 1 aromatic rings. The Hall–Kier alpha value is -1.80. The highest BCUT2D eigenvalue weighted by Gasteiger charge is 2.27. The molecule has 2 rings (SSSR count). The second-order valence-corrected chi connectivity index (χ2v) is 7.66. The van der Waals surface area contributed by atoms with Gasteiger partial charge in [0.25, 0.3) is 0 Å². The average molecular weight is 341 g/mol. The Kier molecular flexibility index (Phi) is 5.48. The number of benzene rings is 1. The molecule has 7 nitrogen and oxygen atoms in total. The summed E-state index contributed by atoms with van der Waals surface area (Å²) in [5.41, 5.74) is 6.12. The lowest BCUT2D eigenvalue weighted by atomic mass is 10.3. The van der Waals surface area contributed by atoms with Crippen LogP contribution in [-0.4, -0.2) is 50.2 Å². The van der Waals surface area contributed by atoms with E-state index in [0.717, 1.165) is 0 Å². The molecule has 128 valence electrons. The SMILES string of the molecule is CC(C)Oc1ccc(NS(=O)(=O)CC(=O)N2CC[C@@H](N)C2)cc1. The predicted octanol–water partition coefficient (Wildman–Crippen LogP) is 0.775. The van der Waals surface area contributed by atoms with E-state index in [1.165, 1.54) is 4.90 Å². The van der Waals surface area contributed by atoms with Crippen LogP contribution < -0.4 is 15.2 Å². The van der Waals surface area contributed by atoms with E-state index in [2.05, 4.69) is 4.72 Å². The summed E-state index contributed by atoms with van der Waals surface area (Å²) in [5, 5.41) is 0. The molecular weight excluding hydrogens is 318 g/mol. The number of amides is 1. The summed E-state index contributed by atoms with van der Waals surface area (Å²) in [7, 11) is -3.75. The van der Waals surface area contributed by atoms with Crippen molar-refractivity contribution in [2.75, 3.05) is 23.6 Å². The molecule has 0 saturated carbocycles. The summed E-state index contributed by atoms with van der Waals surface area (Å²) in [6.07, 6.45) is 0.748. The number of hydrogen-bond acceptors (Lipinski definition) is 5. The summed E-state index contributed by atoms with van der Waals surface area (Å²) >= 11 is 0. The Bertz CT molecular complexity index is 643. The van der Waals surface area contributed by atoms with Gasteiger partial charge in [-0.25, -0.2) is 8.42 Å². The highest BCUT2D eigenvalue weighted by Crippen LogP contribution is 2.18. The van der Waals surface area contributed by atoms with Crippen molar-refractivity contribution in [3.05, 3.63) is 24.3 Å². The zero-order chi connectivity index (χ0) is 17.0. The lowest BCUT2D eigenvalue weighted by Crippen LogP contribution is -2.37. The van der Waals surface area contributed by atoms with Crippen molar-refractivity contribution in [3.63, 3.8) is 0 Å². The van der Waals surface area contributed by atoms with Gasteiger partial charge in [0.15, 0.2) is 0 Å². The summed E-state index contributed by atoms with van der Waals surface area (Å²) in [6, 6.07) is 6.50. The minimum absolute atomic E-state index is 0.0435. The van der Waals surface area contributed by atoms with Crippen LogP contribution in [0.2, 0.25) is 0 Å². The van der Waals surface area contributed by atoms with Crippen molar-refractivity contribution >= 4 is 21.6 Å². The average Bonchev–Trinajstić information content (AvgIpc) is 2.86. The molecular formula is C15H23N3O4S. The third-order valence-corrected chi connectivity index (χ3v) is 4.56. The molecule has 1 saturated heterocycles. The van der Waals surface area contributed by atoms with E-state index in [4.69, 9.17) is 10.5 Å². The highest BCUT2D eigenvalue weighted by atomic mass is 32.2. The Morgan fingerprint density at radius 3 is 2.57 bits per heavy atom. The fourth-order valence-electron chi connectivity index (χ4n) is 2.36. The number of ether oxygens (including phenoxy) is 1. The zero-order valence-electron chi connectivity index (χ0n) is 13.4. The second-order valence-electron chi connectivity index (χ2n) is 5.94. The maximum Gasteiger partial charge on any atom is 0.241 e. The molecule has 1 amide bonds. The highest BCUT2D eigenvalue weighted by molar-refractivity contribution is 7.93. The van der Waals surface area contributed by atoms with Gasteiger partial charge < -0.3 is 15.4 Å². The molecule has 0 bridgehead atoms. The molecule has 0 radical (unpaired) electrons. The minimum atomic E-state index is -3.75. The van der Waals surface area contributed by atoms with E-state index >= 15 is 0 Å². The van der Waals surface area contributed by atoms with Gasteiger partial charge in [-0.3, -0.25) is 9.52 Å². The quantitative estimate of drug-likeness (QED) is 0.796. The first-order valence-electron chi connectivity index (χ1n) is 7.56. The number of anilines is 1. The number of nitrogens with zero attached hydrogens (tertiary/aromatic N) is 1. The molecule has 1 fully saturated rings. The van der Waals surface area contributed by atoms with Crippen molar-refractivity contribution in [2.45, 2.75) is 32.4 Å². The summed E-state index contributed by atoms with van der Waals surface area (Å²) in [6.45, 7) is 4.74. The Morgan fingerprint density at radius 1 is 1.39 bits per heavy atom. The number of carbonyl (C=O) groups excluding carboxylic acids is 1. The molecule has 1 aliphatic heterocycles. The lowest BCUT2D eigenvalue weighted by molar-refractivity contribution is -0.127. The molecule has 1 heterocycles. The predicted molar refractivity (Wildman–Crippen MR) is 88.8 cm³/mol. The smallest absolute Gasteiger partial charge is 0.241 e.